The summed E-state index contributed by atoms with van der Waals surface area (Å²) < 4.78 is 11.4. The summed E-state index contributed by atoms with van der Waals surface area (Å²) in [4.78, 5) is 22.6. The first-order valence-corrected chi connectivity index (χ1v) is 11.8. The zero-order chi connectivity index (χ0) is 27.6. The van der Waals surface area contributed by atoms with Gasteiger partial charge in [-0.1, -0.05) is 65.0 Å². The van der Waals surface area contributed by atoms with Gasteiger partial charge in [-0.3, -0.25) is 0 Å². The number of nitrogens with zero attached hydrogens (tertiary/aromatic N) is 4. The Labute approximate surface area is 224 Å². The van der Waals surface area contributed by atoms with Gasteiger partial charge in [0.25, 0.3) is 11.8 Å². The highest BCUT2D eigenvalue weighted by Gasteiger charge is 2.18. The van der Waals surface area contributed by atoms with Crippen LogP contribution >= 0.6 is 0 Å². The molecule has 2 aromatic heterocycles. The molecule has 0 spiro atoms. The maximum absolute atomic E-state index is 11.3. The number of aromatic amines is 2. The first-order valence-electron chi connectivity index (χ1n) is 11.8. The highest BCUT2D eigenvalue weighted by molar-refractivity contribution is 5.98. The SMILES string of the molecule is O=C(O)c1nn[nH]c1Oc1cccc(-c2cccc(-c3cccc4cc(Oc5[nH]nnc5C(=O)O)ccc34)c2)c1. The van der Waals surface area contributed by atoms with Gasteiger partial charge in [-0.2, -0.15) is 0 Å². The lowest BCUT2D eigenvalue weighted by atomic mass is 9.95. The lowest BCUT2D eigenvalue weighted by molar-refractivity contribution is 0.0676. The van der Waals surface area contributed by atoms with Crippen LogP contribution in [0.15, 0.2) is 84.9 Å². The Morgan fingerprint density at radius 3 is 1.88 bits per heavy atom. The number of benzene rings is 4. The maximum atomic E-state index is 11.3. The number of hydrogen-bond donors (Lipinski definition) is 4. The van der Waals surface area contributed by atoms with Crippen LogP contribution in [0, 0.1) is 0 Å². The Bertz CT molecular complexity index is 1900. The number of fused-ring (bicyclic) bond motifs is 1. The van der Waals surface area contributed by atoms with E-state index in [1.165, 1.54) is 0 Å². The van der Waals surface area contributed by atoms with Gasteiger partial charge >= 0.3 is 11.9 Å². The third-order valence-corrected chi connectivity index (χ3v) is 6.07. The van der Waals surface area contributed by atoms with Crippen molar-refractivity contribution in [3.05, 3.63) is 96.3 Å². The number of hydrogen-bond acceptors (Lipinski definition) is 8. The summed E-state index contributed by atoms with van der Waals surface area (Å²) in [5.41, 5.74) is 3.14. The van der Waals surface area contributed by atoms with Crippen LogP contribution in [0.5, 0.6) is 23.3 Å². The molecule has 2 heterocycles. The minimum atomic E-state index is -1.25. The highest BCUT2D eigenvalue weighted by Crippen LogP contribution is 2.35. The molecule has 0 saturated heterocycles. The third-order valence-electron chi connectivity index (χ3n) is 6.07. The van der Waals surface area contributed by atoms with Gasteiger partial charge in [-0.15, -0.1) is 10.2 Å². The second kappa shape index (κ2) is 10.0. The summed E-state index contributed by atoms with van der Waals surface area (Å²) >= 11 is 0. The quantitative estimate of drug-likeness (QED) is 0.198. The van der Waals surface area contributed by atoms with Crippen molar-refractivity contribution < 1.29 is 29.3 Å². The van der Waals surface area contributed by atoms with Crippen LogP contribution in [0.2, 0.25) is 0 Å². The lowest BCUT2D eigenvalue weighted by Crippen LogP contribution is -1.99. The molecule has 0 unspecified atom stereocenters. The fraction of sp³-hybridized carbons (Fsp3) is 0. The smallest absolute Gasteiger partial charge is 0.362 e. The number of carboxylic acids is 2. The Morgan fingerprint density at radius 1 is 0.625 bits per heavy atom. The van der Waals surface area contributed by atoms with Gasteiger partial charge < -0.3 is 19.7 Å². The van der Waals surface area contributed by atoms with Crippen molar-refractivity contribution in [1.82, 2.24) is 30.8 Å². The summed E-state index contributed by atoms with van der Waals surface area (Å²) in [6.45, 7) is 0. The van der Waals surface area contributed by atoms with Gasteiger partial charge in [0.15, 0.2) is 0 Å². The summed E-state index contributed by atoms with van der Waals surface area (Å²) in [5, 5.41) is 39.3. The van der Waals surface area contributed by atoms with Crippen LogP contribution < -0.4 is 9.47 Å². The normalized spacial score (nSPS) is 10.9. The number of rotatable bonds is 8. The minimum absolute atomic E-state index is 0.0510. The first kappa shape index (κ1) is 24.3. The second-order valence-corrected chi connectivity index (χ2v) is 8.59. The van der Waals surface area contributed by atoms with Crippen molar-refractivity contribution in [2.75, 3.05) is 0 Å². The van der Waals surface area contributed by atoms with Gasteiger partial charge in [0, 0.05) is 0 Å². The minimum Gasteiger partial charge on any atom is -0.476 e. The van der Waals surface area contributed by atoms with E-state index in [2.05, 4.69) is 30.8 Å². The largest absolute Gasteiger partial charge is 0.476 e. The molecule has 4 N–H and O–H groups in total. The van der Waals surface area contributed by atoms with E-state index in [1.807, 2.05) is 66.7 Å². The molecule has 196 valence electrons. The van der Waals surface area contributed by atoms with Crippen LogP contribution in [0.1, 0.15) is 21.0 Å². The topological polar surface area (TPSA) is 176 Å². The molecule has 12 nitrogen and oxygen atoms in total. The summed E-state index contributed by atoms with van der Waals surface area (Å²) in [6.07, 6.45) is 0. The molecular formula is C28H18N6O6. The Balaban J connectivity index is 1.30. The number of aromatic nitrogens is 6. The van der Waals surface area contributed by atoms with Crippen molar-refractivity contribution in [1.29, 1.82) is 0 Å². The molecule has 0 saturated carbocycles. The molecule has 0 aliphatic heterocycles. The molecule has 40 heavy (non-hydrogen) atoms. The zero-order valence-electron chi connectivity index (χ0n) is 20.4. The Morgan fingerprint density at radius 2 is 1.20 bits per heavy atom. The van der Waals surface area contributed by atoms with Gasteiger partial charge in [-0.25, -0.2) is 19.8 Å². The predicted molar refractivity (Wildman–Crippen MR) is 142 cm³/mol. The van der Waals surface area contributed by atoms with E-state index in [0.29, 0.717) is 11.5 Å². The van der Waals surface area contributed by atoms with E-state index in [0.717, 1.165) is 33.0 Å². The first-order chi connectivity index (χ1) is 19.5. The van der Waals surface area contributed by atoms with Crippen LogP contribution in [0.3, 0.4) is 0 Å². The van der Waals surface area contributed by atoms with Crippen LogP contribution in [-0.4, -0.2) is 53.0 Å². The van der Waals surface area contributed by atoms with E-state index in [-0.39, 0.29) is 23.1 Å². The van der Waals surface area contributed by atoms with E-state index >= 15 is 0 Å². The molecule has 4 aromatic carbocycles. The van der Waals surface area contributed by atoms with E-state index in [4.69, 9.17) is 9.47 Å². The fourth-order valence-corrected chi connectivity index (χ4v) is 4.28. The molecular weight excluding hydrogens is 516 g/mol. The molecule has 0 fully saturated rings. The van der Waals surface area contributed by atoms with Crippen LogP contribution in [-0.2, 0) is 0 Å². The van der Waals surface area contributed by atoms with Crippen molar-refractivity contribution in [3.8, 4) is 45.5 Å². The molecule has 0 atom stereocenters. The fourth-order valence-electron chi connectivity index (χ4n) is 4.28. The van der Waals surface area contributed by atoms with E-state index in [1.54, 1.807) is 18.2 Å². The number of nitrogens with one attached hydrogen (secondary N) is 2. The zero-order valence-corrected chi connectivity index (χ0v) is 20.4. The number of ether oxygens (including phenoxy) is 2. The van der Waals surface area contributed by atoms with Gasteiger partial charge in [0.05, 0.1) is 0 Å². The van der Waals surface area contributed by atoms with E-state index in [9.17, 15) is 19.8 Å². The van der Waals surface area contributed by atoms with Gasteiger partial charge in [0.2, 0.25) is 11.4 Å². The summed E-state index contributed by atoms with van der Waals surface area (Å²) in [5.74, 6) is -1.74. The van der Waals surface area contributed by atoms with Crippen molar-refractivity contribution >= 4 is 22.7 Å². The van der Waals surface area contributed by atoms with Crippen molar-refractivity contribution in [3.63, 3.8) is 0 Å². The number of H-pyrrole nitrogens is 2. The molecule has 0 aliphatic rings. The average molecular weight is 534 g/mol. The van der Waals surface area contributed by atoms with Gasteiger partial charge in [-0.05, 0) is 63.4 Å². The number of aromatic carboxylic acids is 2. The molecule has 12 heteroatoms. The second-order valence-electron chi connectivity index (χ2n) is 8.59. The number of carboxylic acid groups (broad SMARTS) is 2. The molecule has 0 aliphatic carbocycles. The van der Waals surface area contributed by atoms with Crippen LogP contribution in [0.4, 0.5) is 0 Å². The third kappa shape index (κ3) is 4.67. The molecule has 0 radical (unpaired) electrons. The predicted octanol–water partition coefficient (Wildman–Crippen LogP) is 5.39. The Hall–Kier alpha value is -6.04. The van der Waals surface area contributed by atoms with E-state index < -0.39 is 11.9 Å². The molecule has 6 rings (SSSR count). The van der Waals surface area contributed by atoms with Crippen LogP contribution in [0.25, 0.3) is 33.0 Å². The standard InChI is InChI=1S/C28H18N6O6/c35-27(36)23-25(31-33-29-23)39-19-8-2-5-16(13-19)15-4-1-6-17(12-15)21-9-3-7-18-14-20(10-11-22(18)21)40-26-24(28(37)38)30-34-32-26/h1-14H,(H,35,36)(H,37,38)(H,29,31,33)(H,30,32,34). The average Bonchev–Trinajstić information content (AvgIpc) is 3.63. The lowest BCUT2D eigenvalue weighted by Gasteiger charge is -2.11. The van der Waals surface area contributed by atoms with Crippen molar-refractivity contribution in [2.45, 2.75) is 0 Å². The summed E-state index contributed by atoms with van der Waals surface area (Å²) in [6, 6.07) is 26.6. The number of carbonyl (C=O) groups is 2. The summed E-state index contributed by atoms with van der Waals surface area (Å²) in [7, 11) is 0. The van der Waals surface area contributed by atoms with Gasteiger partial charge in [0.1, 0.15) is 11.5 Å². The molecule has 0 amide bonds. The molecule has 0 bridgehead atoms. The van der Waals surface area contributed by atoms with Crippen molar-refractivity contribution in [2.24, 2.45) is 0 Å². The monoisotopic (exact) mass is 534 g/mol. The Kier molecular flexibility index (Phi) is 6.09. The highest BCUT2D eigenvalue weighted by atomic mass is 16.5. The maximum Gasteiger partial charge on any atom is 0.362 e. The molecule has 6 aromatic rings.